The molecule has 0 radical (unpaired) electrons. The minimum absolute atomic E-state index is 0.163. The second-order valence-electron chi connectivity index (χ2n) is 7.83. The Morgan fingerprint density at radius 2 is 1.58 bits per heavy atom. The zero-order valence-corrected chi connectivity index (χ0v) is 19.5. The Morgan fingerprint density at radius 3 is 2.27 bits per heavy atom. The van der Waals surface area contributed by atoms with Gasteiger partial charge in [-0.2, -0.15) is 0 Å². The minimum Gasteiger partial charge on any atom is -0.490 e. The van der Waals surface area contributed by atoms with E-state index in [4.69, 9.17) is 14.5 Å². The summed E-state index contributed by atoms with van der Waals surface area (Å²) in [6, 6.07) is 21.5. The molecule has 0 spiro atoms. The zero-order valence-electron chi connectivity index (χ0n) is 19.5. The zero-order chi connectivity index (χ0) is 23.4. The molecule has 33 heavy (non-hydrogen) atoms. The highest BCUT2D eigenvalue weighted by atomic mass is 16.5. The molecule has 0 saturated carbocycles. The fourth-order valence-corrected chi connectivity index (χ4v) is 3.77. The number of aliphatic imine (C=N–C) groups is 1. The van der Waals surface area contributed by atoms with Crippen LogP contribution < -0.4 is 14.4 Å². The Balaban J connectivity index is 1.79. The van der Waals surface area contributed by atoms with Crippen LogP contribution in [0.4, 0.5) is 5.69 Å². The second kappa shape index (κ2) is 9.74. The van der Waals surface area contributed by atoms with Gasteiger partial charge in [0, 0.05) is 5.56 Å². The number of hydrogen-bond donors (Lipinski definition) is 0. The number of carbonyl (C=O) groups excluding carboxylic acids is 1. The average molecular weight is 441 g/mol. The molecule has 4 rings (SSSR count). The highest BCUT2D eigenvalue weighted by Gasteiger charge is 2.33. The van der Waals surface area contributed by atoms with Gasteiger partial charge in [-0.05, 0) is 69.2 Å². The highest BCUT2D eigenvalue weighted by Crippen LogP contribution is 2.32. The Morgan fingerprint density at radius 1 is 0.879 bits per heavy atom. The van der Waals surface area contributed by atoms with Gasteiger partial charge >= 0.3 is 0 Å². The fourth-order valence-electron chi connectivity index (χ4n) is 3.77. The summed E-state index contributed by atoms with van der Waals surface area (Å²) >= 11 is 0. The maximum Gasteiger partial charge on any atom is 0.282 e. The smallest absolute Gasteiger partial charge is 0.282 e. The third kappa shape index (κ3) is 4.67. The molecule has 1 amide bonds. The molecule has 3 aromatic carbocycles. The van der Waals surface area contributed by atoms with Gasteiger partial charge in [0.1, 0.15) is 11.5 Å². The van der Waals surface area contributed by atoms with Crippen LogP contribution in [0, 0.1) is 13.8 Å². The predicted octanol–water partition coefficient (Wildman–Crippen LogP) is 5.94. The van der Waals surface area contributed by atoms with Crippen molar-refractivity contribution in [1.29, 1.82) is 0 Å². The summed E-state index contributed by atoms with van der Waals surface area (Å²) in [7, 11) is 0. The average Bonchev–Trinajstić information content (AvgIpc) is 3.12. The summed E-state index contributed by atoms with van der Waals surface area (Å²) in [5, 5.41) is 0. The van der Waals surface area contributed by atoms with Crippen LogP contribution in [0.1, 0.15) is 36.1 Å². The molecule has 5 heteroatoms. The van der Waals surface area contributed by atoms with Crippen molar-refractivity contribution >= 4 is 23.5 Å². The molecule has 0 bridgehead atoms. The van der Waals surface area contributed by atoms with Gasteiger partial charge in [-0.15, -0.1) is 0 Å². The molecule has 0 unspecified atom stereocenters. The first-order chi connectivity index (χ1) is 16.0. The number of rotatable bonds is 7. The molecule has 0 aromatic heterocycles. The minimum atomic E-state index is -0.163. The van der Waals surface area contributed by atoms with Gasteiger partial charge < -0.3 is 9.47 Å². The van der Waals surface area contributed by atoms with Gasteiger partial charge in [-0.25, -0.2) is 4.99 Å². The van der Waals surface area contributed by atoms with Crippen molar-refractivity contribution < 1.29 is 14.3 Å². The Hall–Kier alpha value is -3.86. The van der Waals surface area contributed by atoms with E-state index in [2.05, 4.69) is 0 Å². The number of aryl methyl sites for hydroxylation is 2. The number of benzene rings is 3. The predicted molar refractivity (Wildman–Crippen MR) is 133 cm³/mol. The lowest BCUT2D eigenvalue weighted by Crippen LogP contribution is -2.33. The number of nitrogens with zero attached hydrogens (tertiary/aromatic N) is 2. The first kappa shape index (κ1) is 22.3. The molecule has 0 atom stereocenters. The van der Waals surface area contributed by atoms with E-state index in [-0.39, 0.29) is 5.91 Å². The van der Waals surface area contributed by atoms with Crippen molar-refractivity contribution in [3.63, 3.8) is 0 Å². The monoisotopic (exact) mass is 440 g/mol. The summed E-state index contributed by atoms with van der Waals surface area (Å²) in [5.41, 5.74) is 5.11. The molecule has 5 nitrogen and oxygen atoms in total. The van der Waals surface area contributed by atoms with Gasteiger partial charge in [0.25, 0.3) is 5.91 Å². The van der Waals surface area contributed by atoms with Gasteiger partial charge in [0.15, 0.2) is 11.5 Å². The number of anilines is 1. The Kier molecular flexibility index (Phi) is 6.59. The number of hydrogen-bond acceptors (Lipinski definition) is 4. The Labute approximate surface area is 195 Å². The van der Waals surface area contributed by atoms with Gasteiger partial charge in [-0.1, -0.05) is 48.0 Å². The Bertz CT molecular complexity index is 1230. The van der Waals surface area contributed by atoms with Crippen molar-refractivity contribution in [2.24, 2.45) is 4.99 Å². The van der Waals surface area contributed by atoms with Crippen molar-refractivity contribution in [3.8, 4) is 11.5 Å². The summed E-state index contributed by atoms with van der Waals surface area (Å²) in [6.07, 6.45) is 1.80. The van der Waals surface area contributed by atoms with Crippen LogP contribution in [0.2, 0.25) is 0 Å². The maximum absolute atomic E-state index is 13.6. The van der Waals surface area contributed by atoms with Crippen LogP contribution >= 0.6 is 0 Å². The summed E-state index contributed by atoms with van der Waals surface area (Å²) in [6.45, 7) is 8.99. The molecule has 1 aliphatic rings. The maximum atomic E-state index is 13.6. The lowest BCUT2D eigenvalue weighted by atomic mass is 10.1. The van der Waals surface area contributed by atoms with Crippen molar-refractivity contribution in [3.05, 3.63) is 94.7 Å². The lowest BCUT2D eigenvalue weighted by molar-refractivity contribution is -0.113. The van der Waals surface area contributed by atoms with E-state index in [1.807, 2.05) is 94.4 Å². The third-order valence-electron chi connectivity index (χ3n) is 5.41. The first-order valence-corrected chi connectivity index (χ1v) is 11.2. The van der Waals surface area contributed by atoms with Crippen LogP contribution in [0.15, 0.2) is 77.4 Å². The van der Waals surface area contributed by atoms with Gasteiger partial charge in [0.2, 0.25) is 0 Å². The summed E-state index contributed by atoms with van der Waals surface area (Å²) in [4.78, 5) is 20.0. The molecule has 0 aliphatic carbocycles. The molecule has 3 aromatic rings. The summed E-state index contributed by atoms with van der Waals surface area (Å²) < 4.78 is 11.4. The molecule has 1 aliphatic heterocycles. The number of ether oxygens (including phenoxy) is 2. The van der Waals surface area contributed by atoms with Crippen LogP contribution in [-0.2, 0) is 4.79 Å². The van der Waals surface area contributed by atoms with E-state index in [1.54, 1.807) is 11.0 Å². The second-order valence-corrected chi connectivity index (χ2v) is 7.83. The van der Waals surface area contributed by atoms with Crippen LogP contribution in [0.3, 0.4) is 0 Å². The topological polar surface area (TPSA) is 51.1 Å². The van der Waals surface area contributed by atoms with E-state index in [0.29, 0.717) is 36.2 Å². The normalized spacial score (nSPS) is 14.5. The van der Waals surface area contributed by atoms with Crippen molar-refractivity contribution in [2.75, 3.05) is 18.1 Å². The molecular formula is C28H28N2O3. The van der Waals surface area contributed by atoms with E-state index < -0.39 is 0 Å². The molecule has 0 saturated heterocycles. The SMILES string of the molecule is CCOc1ccc(C=C2N=C(c3ccccc3C)N(c3ccc(C)cc3)C2=O)cc1OCC. The van der Waals surface area contributed by atoms with E-state index in [9.17, 15) is 4.79 Å². The first-order valence-electron chi connectivity index (χ1n) is 11.2. The van der Waals surface area contributed by atoms with Gasteiger partial charge in [-0.3, -0.25) is 9.69 Å². The van der Waals surface area contributed by atoms with Crippen LogP contribution in [0.5, 0.6) is 11.5 Å². The van der Waals surface area contributed by atoms with Crippen LogP contribution in [0.25, 0.3) is 6.08 Å². The highest BCUT2D eigenvalue weighted by molar-refractivity contribution is 6.33. The molecule has 0 N–H and O–H groups in total. The molecule has 0 fully saturated rings. The van der Waals surface area contributed by atoms with Gasteiger partial charge in [0.05, 0.1) is 18.9 Å². The third-order valence-corrected chi connectivity index (χ3v) is 5.41. The van der Waals surface area contributed by atoms with E-state index in [1.165, 1.54) is 0 Å². The molecule has 1 heterocycles. The van der Waals surface area contributed by atoms with Crippen molar-refractivity contribution in [2.45, 2.75) is 27.7 Å². The summed E-state index contributed by atoms with van der Waals surface area (Å²) in [5.74, 6) is 1.80. The lowest BCUT2D eigenvalue weighted by Gasteiger charge is -2.19. The van der Waals surface area contributed by atoms with Crippen molar-refractivity contribution in [1.82, 2.24) is 0 Å². The van der Waals surface area contributed by atoms with E-state index >= 15 is 0 Å². The number of amides is 1. The van der Waals surface area contributed by atoms with Crippen LogP contribution in [-0.4, -0.2) is 25.0 Å². The largest absolute Gasteiger partial charge is 0.490 e. The fraction of sp³-hybridized carbons (Fsp3) is 0.214. The van der Waals surface area contributed by atoms with E-state index in [0.717, 1.165) is 27.9 Å². The molecular weight excluding hydrogens is 412 g/mol. The quantitative estimate of drug-likeness (QED) is 0.428. The molecule has 168 valence electrons. The number of amidine groups is 1. The number of carbonyl (C=O) groups is 1. The standard InChI is InChI=1S/C28H28N2O3/c1-5-32-25-16-13-21(18-26(25)33-6-2)17-24-28(31)30(22-14-11-19(3)12-15-22)27(29-24)23-10-8-7-9-20(23)4/h7-18H,5-6H2,1-4H3.